The van der Waals surface area contributed by atoms with Gasteiger partial charge in [0.2, 0.25) is 0 Å². The minimum Gasteiger partial charge on any atom is -0.493 e. The van der Waals surface area contributed by atoms with Gasteiger partial charge < -0.3 is 9.64 Å². The number of carbonyl (C=O) groups excluding carboxylic acids is 1. The quantitative estimate of drug-likeness (QED) is 0.820. The lowest BCUT2D eigenvalue weighted by molar-refractivity contribution is 0.0692. The van der Waals surface area contributed by atoms with Gasteiger partial charge in [-0.15, -0.1) is 0 Å². The summed E-state index contributed by atoms with van der Waals surface area (Å²) in [5.74, 6) is 0.727. The van der Waals surface area contributed by atoms with Gasteiger partial charge >= 0.3 is 0 Å². The molecule has 0 atom stereocenters. The number of nitrogens with zero attached hydrogens (tertiary/aromatic N) is 1. The molecule has 0 heterocycles. The predicted octanol–water partition coefficient (Wildman–Crippen LogP) is 4.25. The average Bonchev–Trinajstić information content (AvgIpc) is 2.48. The molecule has 3 nitrogen and oxygen atoms in total. The molecule has 1 amide bonds. The van der Waals surface area contributed by atoms with E-state index in [0.717, 1.165) is 17.3 Å². The molecule has 1 aromatic carbocycles. The molecule has 2 rings (SSSR count). The van der Waals surface area contributed by atoms with Crippen LogP contribution in [0.15, 0.2) is 22.7 Å². The van der Waals surface area contributed by atoms with E-state index in [1.165, 1.54) is 19.3 Å². The van der Waals surface area contributed by atoms with Gasteiger partial charge in [-0.05, 0) is 38.0 Å². The van der Waals surface area contributed by atoms with Gasteiger partial charge in [-0.2, -0.15) is 0 Å². The molecule has 0 N–H and O–H groups in total. The second-order valence-electron chi connectivity index (χ2n) is 5.28. The van der Waals surface area contributed by atoms with E-state index in [9.17, 15) is 4.79 Å². The van der Waals surface area contributed by atoms with Crippen LogP contribution < -0.4 is 4.74 Å². The topological polar surface area (TPSA) is 29.5 Å². The smallest absolute Gasteiger partial charge is 0.257 e. The number of benzene rings is 1. The highest BCUT2D eigenvalue weighted by atomic mass is 79.9. The van der Waals surface area contributed by atoms with E-state index in [1.54, 1.807) is 0 Å². The van der Waals surface area contributed by atoms with Crippen LogP contribution in [0.1, 0.15) is 49.4 Å². The zero-order chi connectivity index (χ0) is 14.5. The highest BCUT2D eigenvalue weighted by Crippen LogP contribution is 2.28. The van der Waals surface area contributed by atoms with Crippen LogP contribution in [0.25, 0.3) is 0 Å². The summed E-state index contributed by atoms with van der Waals surface area (Å²) in [5.41, 5.74) is 0.647. The van der Waals surface area contributed by atoms with Crippen LogP contribution in [0.2, 0.25) is 0 Å². The van der Waals surface area contributed by atoms with Gasteiger partial charge in [0.15, 0.2) is 0 Å². The first kappa shape index (κ1) is 15.4. The lowest BCUT2D eigenvalue weighted by Gasteiger charge is -2.31. The Morgan fingerprint density at radius 3 is 2.70 bits per heavy atom. The minimum atomic E-state index is 0.0571. The predicted molar refractivity (Wildman–Crippen MR) is 84.3 cm³/mol. The molecule has 0 spiro atoms. The van der Waals surface area contributed by atoms with E-state index >= 15 is 0 Å². The summed E-state index contributed by atoms with van der Waals surface area (Å²) in [6.07, 6.45) is 5.96. The Labute approximate surface area is 129 Å². The Morgan fingerprint density at radius 1 is 1.35 bits per heavy atom. The second-order valence-corrected chi connectivity index (χ2v) is 6.20. The summed E-state index contributed by atoms with van der Waals surface area (Å²) >= 11 is 3.43. The first-order valence-electron chi connectivity index (χ1n) is 7.33. The lowest BCUT2D eigenvalue weighted by atomic mass is 9.94. The summed E-state index contributed by atoms with van der Waals surface area (Å²) in [6, 6.07) is 5.98. The van der Waals surface area contributed by atoms with Gasteiger partial charge in [0.1, 0.15) is 5.75 Å². The van der Waals surface area contributed by atoms with E-state index in [1.807, 2.05) is 37.1 Å². The molecule has 0 saturated heterocycles. The van der Waals surface area contributed by atoms with Gasteiger partial charge in [-0.1, -0.05) is 35.2 Å². The molecule has 110 valence electrons. The Bertz CT molecular complexity index is 470. The third-order valence-electron chi connectivity index (χ3n) is 3.91. The van der Waals surface area contributed by atoms with Crippen LogP contribution in [-0.2, 0) is 0 Å². The molecule has 20 heavy (non-hydrogen) atoms. The Kier molecular flexibility index (Phi) is 5.46. The van der Waals surface area contributed by atoms with Crippen molar-refractivity contribution in [1.29, 1.82) is 0 Å². The van der Waals surface area contributed by atoms with Crippen molar-refractivity contribution >= 4 is 21.8 Å². The number of amides is 1. The summed E-state index contributed by atoms with van der Waals surface area (Å²) in [5, 5.41) is 0. The fraction of sp³-hybridized carbons (Fsp3) is 0.562. The Balaban J connectivity index is 2.20. The number of halogens is 1. The number of hydrogen-bond acceptors (Lipinski definition) is 2. The molecular formula is C16H22BrNO2. The number of rotatable bonds is 4. The van der Waals surface area contributed by atoms with Crippen molar-refractivity contribution in [2.24, 2.45) is 0 Å². The molecule has 1 saturated carbocycles. The molecule has 0 aromatic heterocycles. The molecule has 1 aliphatic carbocycles. The molecular weight excluding hydrogens is 318 g/mol. The van der Waals surface area contributed by atoms with Gasteiger partial charge in [-0.3, -0.25) is 4.79 Å². The third kappa shape index (κ3) is 3.54. The summed E-state index contributed by atoms with van der Waals surface area (Å²) < 4.78 is 6.49. The van der Waals surface area contributed by atoms with Gasteiger partial charge in [-0.25, -0.2) is 0 Å². The lowest BCUT2D eigenvalue weighted by Crippen LogP contribution is -2.38. The van der Waals surface area contributed by atoms with Crippen molar-refractivity contribution in [3.8, 4) is 5.75 Å². The molecule has 0 bridgehead atoms. The molecule has 4 heteroatoms. The maximum Gasteiger partial charge on any atom is 0.257 e. The fourth-order valence-corrected chi connectivity index (χ4v) is 3.14. The van der Waals surface area contributed by atoms with E-state index < -0.39 is 0 Å². The highest BCUT2D eigenvalue weighted by Gasteiger charge is 2.25. The van der Waals surface area contributed by atoms with Crippen molar-refractivity contribution in [1.82, 2.24) is 4.90 Å². The van der Waals surface area contributed by atoms with Gasteiger partial charge in [0, 0.05) is 17.6 Å². The SMILES string of the molecule is CCOc1ccc(Br)cc1C(=O)N(C)C1CCCCC1. The molecule has 1 fully saturated rings. The van der Waals surface area contributed by atoms with Crippen LogP contribution in [-0.4, -0.2) is 30.5 Å². The fourth-order valence-electron chi connectivity index (χ4n) is 2.77. The van der Waals surface area contributed by atoms with Crippen molar-refractivity contribution in [2.75, 3.05) is 13.7 Å². The van der Waals surface area contributed by atoms with Gasteiger partial charge in [0.25, 0.3) is 5.91 Å². The van der Waals surface area contributed by atoms with Crippen LogP contribution in [0, 0.1) is 0 Å². The zero-order valence-corrected chi connectivity index (χ0v) is 13.8. The first-order chi connectivity index (χ1) is 9.63. The summed E-state index contributed by atoms with van der Waals surface area (Å²) in [6.45, 7) is 2.50. The molecule has 0 unspecified atom stereocenters. The van der Waals surface area contributed by atoms with Crippen LogP contribution >= 0.6 is 15.9 Å². The molecule has 1 aromatic rings. The summed E-state index contributed by atoms with van der Waals surface area (Å²) in [7, 11) is 1.91. The Hall–Kier alpha value is -1.03. The maximum atomic E-state index is 12.7. The highest BCUT2D eigenvalue weighted by molar-refractivity contribution is 9.10. The minimum absolute atomic E-state index is 0.0571. The average molecular weight is 340 g/mol. The largest absolute Gasteiger partial charge is 0.493 e. The molecule has 1 aliphatic rings. The molecule has 0 radical (unpaired) electrons. The normalized spacial score (nSPS) is 15.9. The number of ether oxygens (including phenoxy) is 1. The monoisotopic (exact) mass is 339 g/mol. The van der Waals surface area contributed by atoms with Crippen LogP contribution in [0.5, 0.6) is 5.75 Å². The standard InChI is InChI=1S/C16H22BrNO2/c1-3-20-15-10-9-12(17)11-14(15)16(19)18(2)13-7-5-4-6-8-13/h9-11,13H,3-8H2,1-2H3. The van der Waals surface area contributed by atoms with Crippen LogP contribution in [0.3, 0.4) is 0 Å². The summed E-state index contributed by atoms with van der Waals surface area (Å²) in [4.78, 5) is 14.6. The van der Waals surface area contributed by atoms with Crippen molar-refractivity contribution in [2.45, 2.75) is 45.1 Å². The number of carbonyl (C=O) groups is 1. The number of hydrogen-bond donors (Lipinski definition) is 0. The Morgan fingerprint density at radius 2 is 2.05 bits per heavy atom. The van der Waals surface area contributed by atoms with Gasteiger partial charge in [0.05, 0.1) is 12.2 Å². The van der Waals surface area contributed by atoms with E-state index in [4.69, 9.17) is 4.74 Å². The maximum absolute atomic E-state index is 12.7. The van der Waals surface area contributed by atoms with E-state index in [-0.39, 0.29) is 5.91 Å². The van der Waals surface area contributed by atoms with E-state index in [2.05, 4.69) is 15.9 Å². The van der Waals surface area contributed by atoms with Crippen molar-refractivity contribution < 1.29 is 9.53 Å². The first-order valence-corrected chi connectivity index (χ1v) is 8.12. The zero-order valence-electron chi connectivity index (χ0n) is 12.2. The second kappa shape index (κ2) is 7.11. The van der Waals surface area contributed by atoms with Crippen molar-refractivity contribution in [3.63, 3.8) is 0 Å². The van der Waals surface area contributed by atoms with Crippen molar-refractivity contribution in [3.05, 3.63) is 28.2 Å². The molecule has 0 aliphatic heterocycles. The van der Waals surface area contributed by atoms with Crippen LogP contribution in [0.4, 0.5) is 0 Å². The third-order valence-corrected chi connectivity index (χ3v) is 4.41. The van der Waals surface area contributed by atoms with E-state index in [0.29, 0.717) is 24.0 Å².